The van der Waals surface area contributed by atoms with E-state index in [4.69, 9.17) is 4.74 Å². The molecule has 0 saturated carbocycles. The Morgan fingerprint density at radius 2 is 1.96 bits per heavy atom. The number of sulfonamides is 1. The maximum absolute atomic E-state index is 12.5. The summed E-state index contributed by atoms with van der Waals surface area (Å²) in [5, 5.41) is 3.15. The van der Waals surface area contributed by atoms with Gasteiger partial charge in [-0.15, -0.1) is 0 Å². The Morgan fingerprint density at radius 3 is 2.58 bits per heavy atom. The SMILES string of the molecule is COCCCNc1ccc(NS(=O)(=O)c2ccc(C)cc2C)cn1. The molecule has 0 radical (unpaired) electrons. The predicted molar refractivity (Wildman–Crippen MR) is 95.9 cm³/mol. The van der Waals surface area contributed by atoms with Crippen LogP contribution in [0.25, 0.3) is 0 Å². The molecule has 130 valence electrons. The summed E-state index contributed by atoms with van der Waals surface area (Å²) in [6.45, 7) is 5.14. The number of pyridine rings is 1. The minimum absolute atomic E-state index is 0.273. The highest BCUT2D eigenvalue weighted by molar-refractivity contribution is 7.92. The molecule has 1 aromatic heterocycles. The number of aryl methyl sites for hydroxylation is 2. The maximum Gasteiger partial charge on any atom is 0.262 e. The van der Waals surface area contributed by atoms with Gasteiger partial charge in [0.15, 0.2) is 0 Å². The highest BCUT2D eigenvalue weighted by Gasteiger charge is 2.16. The van der Waals surface area contributed by atoms with Crippen molar-refractivity contribution >= 4 is 21.5 Å². The second-order valence-electron chi connectivity index (χ2n) is 5.58. The third-order valence-electron chi connectivity index (χ3n) is 3.47. The van der Waals surface area contributed by atoms with Crippen molar-refractivity contribution in [1.29, 1.82) is 0 Å². The standard InChI is InChI=1S/C17H23N3O3S/c1-13-5-7-16(14(2)11-13)24(21,22)20-15-6-8-17(19-12-15)18-9-4-10-23-3/h5-8,11-12,20H,4,9-10H2,1-3H3,(H,18,19). The van der Waals surface area contributed by atoms with Gasteiger partial charge in [0.25, 0.3) is 10.0 Å². The molecule has 2 rings (SSSR count). The monoisotopic (exact) mass is 349 g/mol. The van der Waals surface area contributed by atoms with Gasteiger partial charge in [-0.3, -0.25) is 4.72 Å². The molecule has 0 fully saturated rings. The van der Waals surface area contributed by atoms with Crippen molar-refractivity contribution in [2.24, 2.45) is 0 Å². The molecule has 6 nitrogen and oxygen atoms in total. The van der Waals surface area contributed by atoms with E-state index in [2.05, 4.69) is 15.0 Å². The predicted octanol–water partition coefficient (Wildman–Crippen LogP) is 2.95. The van der Waals surface area contributed by atoms with Crippen molar-refractivity contribution in [1.82, 2.24) is 4.98 Å². The van der Waals surface area contributed by atoms with Crippen LogP contribution in [0, 0.1) is 13.8 Å². The number of hydrogen-bond donors (Lipinski definition) is 2. The zero-order valence-electron chi connectivity index (χ0n) is 14.2. The minimum Gasteiger partial charge on any atom is -0.385 e. The third kappa shape index (κ3) is 4.94. The van der Waals surface area contributed by atoms with Crippen LogP contribution < -0.4 is 10.0 Å². The van der Waals surface area contributed by atoms with Gasteiger partial charge in [-0.1, -0.05) is 17.7 Å². The molecule has 24 heavy (non-hydrogen) atoms. The molecule has 0 aliphatic rings. The van der Waals surface area contributed by atoms with Crippen LogP contribution in [0.15, 0.2) is 41.4 Å². The highest BCUT2D eigenvalue weighted by Crippen LogP contribution is 2.20. The lowest BCUT2D eigenvalue weighted by Gasteiger charge is -2.11. The number of nitrogens with one attached hydrogen (secondary N) is 2. The second-order valence-corrected chi connectivity index (χ2v) is 7.23. The lowest BCUT2D eigenvalue weighted by molar-refractivity contribution is 0.198. The fourth-order valence-corrected chi connectivity index (χ4v) is 3.57. The molecule has 0 aliphatic carbocycles. The lowest BCUT2D eigenvalue weighted by Crippen LogP contribution is -2.14. The van der Waals surface area contributed by atoms with Crippen LogP contribution in [-0.4, -0.2) is 33.7 Å². The zero-order valence-corrected chi connectivity index (χ0v) is 15.0. The Morgan fingerprint density at radius 1 is 1.17 bits per heavy atom. The molecule has 2 N–H and O–H groups in total. The molecule has 0 spiro atoms. The smallest absolute Gasteiger partial charge is 0.262 e. The van der Waals surface area contributed by atoms with Gasteiger partial charge in [-0.2, -0.15) is 0 Å². The Hall–Kier alpha value is -2.12. The fourth-order valence-electron chi connectivity index (χ4n) is 2.30. The molecule has 2 aromatic rings. The van der Waals surface area contributed by atoms with Gasteiger partial charge in [-0.05, 0) is 44.0 Å². The minimum atomic E-state index is -3.62. The summed E-state index contributed by atoms with van der Waals surface area (Å²) in [4.78, 5) is 4.48. The van der Waals surface area contributed by atoms with Crippen LogP contribution in [-0.2, 0) is 14.8 Å². The number of rotatable bonds is 8. The summed E-state index contributed by atoms with van der Waals surface area (Å²) < 4.78 is 32.5. The van der Waals surface area contributed by atoms with E-state index < -0.39 is 10.0 Å². The van der Waals surface area contributed by atoms with Crippen LogP contribution in [0.2, 0.25) is 0 Å². The number of aromatic nitrogens is 1. The normalized spacial score (nSPS) is 11.3. The molecule has 7 heteroatoms. The van der Waals surface area contributed by atoms with Gasteiger partial charge in [0, 0.05) is 20.3 Å². The van der Waals surface area contributed by atoms with E-state index in [1.54, 1.807) is 38.3 Å². The number of benzene rings is 1. The number of nitrogens with zero attached hydrogens (tertiary/aromatic N) is 1. The number of anilines is 2. The zero-order chi connectivity index (χ0) is 17.6. The average molecular weight is 349 g/mol. The Kier molecular flexibility index (Phi) is 6.16. The number of ether oxygens (including phenoxy) is 1. The summed E-state index contributed by atoms with van der Waals surface area (Å²) in [6.07, 6.45) is 2.37. The Labute approximate surface area is 143 Å². The van der Waals surface area contributed by atoms with Crippen LogP contribution in [0.3, 0.4) is 0 Å². The van der Waals surface area contributed by atoms with Gasteiger partial charge >= 0.3 is 0 Å². The molecule has 0 bridgehead atoms. The van der Waals surface area contributed by atoms with E-state index in [1.165, 1.54) is 6.20 Å². The van der Waals surface area contributed by atoms with E-state index in [9.17, 15) is 8.42 Å². The third-order valence-corrected chi connectivity index (χ3v) is 5.01. The van der Waals surface area contributed by atoms with Crippen LogP contribution in [0.5, 0.6) is 0 Å². The molecule has 0 amide bonds. The number of hydrogen-bond acceptors (Lipinski definition) is 5. The first kappa shape index (κ1) is 18.2. The number of methoxy groups -OCH3 is 1. The van der Waals surface area contributed by atoms with E-state index in [-0.39, 0.29) is 4.90 Å². The maximum atomic E-state index is 12.5. The summed E-state index contributed by atoms with van der Waals surface area (Å²) in [6, 6.07) is 8.68. The molecule has 0 saturated heterocycles. The van der Waals surface area contributed by atoms with Gasteiger partial charge in [0.2, 0.25) is 0 Å². The first-order valence-corrected chi connectivity index (χ1v) is 9.19. The molecule has 0 aliphatic heterocycles. The molecule has 1 aromatic carbocycles. The summed E-state index contributed by atoms with van der Waals surface area (Å²) in [5.41, 5.74) is 2.17. The summed E-state index contributed by atoms with van der Waals surface area (Å²) in [7, 11) is -1.96. The summed E-state index contributed by atoms with van der Waals surface area (Å²) in [5.74, 6) is 0.695. The second kappa shape index (κ2) is 8.12. The van der Waals surface area contributed by atoms with Crippen LogP contribution >= 0.6 is 0 Å². The molecule has 0 unspecified atom stereocenters. The molecular formula is C17H23N3O3S. The molecule has 0 atom stereocenters. The van der Waals surface area contributed by atoms with Crippen molar-refractivity contribution < 1.29 is 13.2 Å². The van der Waals surface area contributed by atoms with Crippen molar-refractivity contribution in [3.05, 3.63) is 47.7 Å². The highest BCUT2D eigenvalue weighted by atomic mass is 32.2. The van der Waals surface area contributed by atoms with Crippen molar-refractivity contribution in [2.45, 2.75) is 25.2 Å². The van der Waals surface area contributed by atoms with Gasteiger partial charge < -0.3 is 10.1 Å². The van der Waals surface area contributed by atoms with E-state index in [0.29, 0.717) is 23.7 Å². The Balaban J connectivity index is 2.04. The van der Waals surface area contributed by atoms with Crippen molar-refractivity contribution in [3.63, 3.8) is 0 Å². The topological polar surface area (TPSA) is 80.3 Å². The molecular weight excluding hydrogens is 326 g/mol. The first-order chi connectivity index (χ1) is 11.4. The fraction of sp³-hybridized carbons (Fsp3) is 0.353. The lowest BCUT2D eigenvalue weighted by atomic mass is 10.2. The van der Waals surface area contributed by atoms with Crippen molar-refractivity contribution in [2.75, 3.05) is 30.3 Å². The van der Waals surface area contributed by atoms with Gasteiger partial charge in [0.05, 0.1) is 16.8 Å². The van der Waals surface area contributed by atoms with Crippen molar-refractivity contribution in [3.8, 4) is 0 Å². The van der Waals surface area contributed by atoms with Crippen LogP contribution in [0.4, 0.5) is 11.5 Å². The largest absolute Gasteiger partial charge is 0.385 e. The van der Waals surface area contributed by atoms with Crippen LogP contribution in [0.1, 0.15) is 17.5 Å². The Bertz CT molecular complexity index is 774. The first-order valence-electron chi connectivity index (χ1n) is 7.71. The van der Waals surface area contributed by atoms with E-state index in [1.807, 2.05) is 13.0 Å². The summed E-state index contributed by atoms with van der Waals surface area (Å²) >= 11 is 0. The van der Waals surface area contributed by atoms with Gasteiger partial charge in [-0.25, -0.2) is 13.4 Å². The average Bonchev–Trinajstić information content (AvgIpc) is 2.52. The molecule has 1 heterocycles. The van der Waals surface area contributed by atoms with Gasteiger partial charge in [0.1, 0.15) is 5.82 Å². The van der Waals surface area contributed by atoms with E-state index >= 15 is 0 Å². The van der Waals surface area contributed by atoms with E-state index in [0.717, 1.165) is 18.5 Å². The quantitative estimate of drug-likeness (QED) is 0.716.